The number of aromatic nitrogens is 4. The molecule has 1 fully saturated rings. The standard InChI is InChI=1S/C23H23N7O4/c1-13(31)26-21-8-14(3-5-24-21)23-28-18(12-34-23)22(33)27-17-9-19-15(10-25-29(19)2)7-20(17)30-6-4-16(32)11-30/h3,5,7-10,12,16,32H,4,6,11H2,1-2H3,(H,27,33)(H,24,26,31). The molecule has 11 heteroatoms. The first-order chi connectivity index (χ1) is 16.4. The van der Waals surface area contributed by atoms with E-state index in [1.165, 1.54) is 19.4 Å². The van der Waals surface area contributed by atoms with Gasteiger partial charge >= 0.3 is 0 Å². The van der Waals surface area contributed by atoms with Gasteiger partial charge in [0.25, 0.3) is 5.91 Å². The SMILES string of the molecule is CC(=O)Nc1cc(-c2nc(C(=O)Nc3cc4c(cnn4C)cc3N3CCC(O)C3)co2)ccn1. The zero-order chi connectivity index (χ0) is 23.8. The van der Waals surface area contributed by atoms with Crippen LogP contribution in [0, 0.1) is 0 Å². The Morgan fingerprint density at radius 2 is 2.09 bits per heavy atom. The lowest BCUT2D eigenvalue weighted by Gasteiger charge is -2.22. The number of nitrogens with one attached hydrogen (secondary N) is 2. The molecule has 1 aromatic carbocycles. The summed E-state index contributed by atoms with van der Waals surface area (Å²) in [6.07, 6.45) is 4.83. The fourth-order valence-corrected chi connectivity index (χ4v) is 4.02. The average molecular weight is 461 g/mol. The van der Waals surface area contributed by atoms with Crippen LogP contribution in [0.5, 0.6) is 0 Å². The number of amides is 2. The Balaban J connectivity index is 1.43. The molecule has 3 N–H and O–H groups in total. The number of nitrogens with zero attached hydrogens (tertiary/aromatic N) is 5. The lowest BCUT2D eigenvalue weighted by Crippen LogP contribution is -2.23. The number of β-amino-alcohol motifs (C(OH)–C–C–N with tert-alkyl or cyclic N) is 1. The van der Waals surface area contributed by atoms with Gasteiger partial charge in [0.15, 0.2) is 5.69 Å². The molecule has 1 aliphatic rings. The van der Waals surface area contributed by atoms with E-state index in [1.807, 2.05) is 24.1 Å². The van der Waals surface area contributed by atoms with E-state index < -0.39 is 12.0 Å². The number of fused-ring (bicyclic) bond motifs is 1. The topological polar surface area (TPSA) is 138 Å². The van der Waals surface area contributed by atoms with Gasteiger partial charge < -0.3 is 25.1 Å². The largest absolute Gasteiger partial charge is 0.444 e. The Kier molecular flexibility index (Phi) is 5.46. The maximum Gasteiger partial charge on any atom is 0.277 e. The Bertz CT molecular complexity index is 1390. The normalized spacial score (nSPS) is 15.6. The minimum absolute atomic E-state index is 0.102. The summed E-state index contributed by atoms with van der Waals surface area (Å²) in [6.45, 7) is 2.56. The number of oxazole rings is 1. The molecule has 0 aliphatic carbocycles. The van der Waals surface area contributed by atoms with Crippen molar-refractivity contribution in [2.75, 3.05) is 28.6 Å². The highest BCUT2D eigenvalue weighted by molar-refractivity contribution is 6.06. The molecular formula is C23H23N7O4. The maximum atomic E-state index is 13.1. The Labute approximate surface area is 194 Å². The van der Waals surface area contributed by atoms with Crippen molar-refractivity contribution in [3.05, 3.63) is 48.6 Å². The highest BCUT2D eigenvalue weighted by Crippen LogP contribution is 2.34. The van der Waals surface area contributed by atoms with Crippen LogP contribution in [0.4, 0.5) is 17.2 Å². The molecule has 3 aromatic heterocycles. The maximum absolute atomic E-state index is 13.1. The molecule has 1 unspecified atom stereocenters. The summed E-state index contributed by atoms with van der Waals surface area (Å²) < 4.78 is 7.25. The monoisotopic (exact) mass is 461 g/mol. The van der Waals surface area contributed by atoms with Gasteiger partial charge in [-0.25, -0.2) is 9.97 Å². The fraction of sp³-hybridized carbons (Fsp3) is 0.261. The number of benzene rings is 1. The van der Waals surface area contributed by atoms with E-state index in [4.69, 9.17) is 4.42 Å². The lowest BCUT2D eigenvalue weighted by atomic mass is 10.1. The highest BCUT2D eigenvalue weighted by Gasteiger charge is 2.25. The number of aliphatic hydroxyl groups is 1. The van der Waals surface area contributed by atoms with E-state index in [2.05, 4.69) is 25.7 Å². The summed E-state index contributed by atoms with van der Waals surface area (Å²) in [4.78, 5) is 34.8. The zero-order valence-electron chi connectivity index (χ0n) is 18.6. The van der Waals surface area contributed by atoms with Crippen molar-refractivity contribution in [3.63, 3.8) is 0 Å². The van der Waals surface area contributed by atoms with Crippen molar-refractivity contribution in [1.82, 2.24) is 19.7 Å². The van der Waals surface area contributed by atoms with Crippen LogP contribution in [0.25, 0.3) is 22.4 Å². The van der Waals surface area contributed by atoms with Crippen LogP contribution in [0.3, 0.4) is 0 Å². The lowest BCUT2D eigenvalue weighted by molar-refractivity contribution is -0.114. The number of pyridine rings is 1. The van der Waals surface area contributed by atoms with Gasteiger partial charge in [0.05, 0.1) is 29.2 Å². The van der Waals surface area contributed by atoms with Gasteiger partial charge in [-0.05, 0) is 30.7 Å². The smallest absolute Gasteiger partial charge is 0.277 e. The highest BCUT2D eigenvalue weighted by atomic mass is 16.3. The van der Waals surface area contributed by atoms with Crippen molar-refractivity contribution in [1.29, 1.82) is 0 Å². The molecule has 2 amide bonds. The first-order valence-corrected chi connectivity index (χ1v) is 10.8. The number of aryl methyl sites for hydroxylation is 1. The molecule has 0 radical (unpaired) electrons. The van der Waals surface area contributed by atoms with Gasteiger partial charge in [0.2, 0.25) is 11.8 Å². The summed E-state index contributed by atoms with van der Waals surface area (Å²) in [7, 11) is 1.83. The fourth-order valence-electron chi connectivity index (χ4n) is 4.02. The average Bonchev–Trinajstić information content (AvgIpc) is 3.54. The second-order valence-corrected chi connectivity index (χ2v) is 8.19. The molecule has 11 nitrogen and oxygen atoms in total. The minimum atomic E-state index is -0.436. The third-order valence-electron chi connectivity index (χ3n) is 5.66. The molecule has 4 aromatic rings. The molecule has 174 valence electrons. The molecule has 0 bridgehead atoms. The van der Waals surface area contributed by atoms with Crippen LogP contribution < -0.4 is 15.5 Å². The van der Waals surface area contributed by atoms with E-state index in [0.717, 1.165) is 16.6 Å². The van der Waals surface area contributed by atoms with Crippen LogP contribution in [0.1, 0.15) is 23.8 Å². The molecule has 0 spiro atoms. The van der Waals surface area contributed by atoms with Gasteiger partial charge in [0.1, 0.15) is 12.1 Å². The van der Waals surface area contributed by atoms with Crippen molar-refractivity contribution in [3.8, 4) is 11.5 Å². The third-order valence-corrected chi connectivity index (χ3v) is 5.66. The van der Waals surface area contributed by atoms with Crippen molar-refractivity contribution in [2.45, 2.75) is 19.4 Å². The van der Waals surface area contributed by atoms with Gasteiger partial charge in [-0.2, -0.15) is 5.10 Å². The van der Waals surface area contributed by atoms with Crippen LogP contribution in [-0.4, -0.2) is 55.9 Å². The van der Waals surface area contributed by atoms with Gasteiger partial charge in [-0.15, -0.1) is 0 Å². The van der Waals surface area contributed by atoms with Crippen LogP contribution >= 0.6 is 0 Å². The summed E-state index contributed by atoms with van der Waals surface area (Å²) in [5.74, 6) is -0.0993. The van der Waals surface area contributed by atoms with Gasteiger partial charge in [-0.3, -0.25) is 14.3 Å². The van der Waals surface area contributed by atoms with Crippen LogP contribution in [0.15, 0.2) is 47.3 Å². The predicted molar refractivity (Wildman–Crippen MR) is 126 cm³/mol. The molecule has 34 heavy (non-hydrogen) atoms. The summed E-state index contributed by atoms with van der Waals surface area (Å²) in [5.41, 5.74) is 2.94. The Hall–Kier alpha value is -4.25. The van der Waals surface area contributed by atoms with E-state index in [9.17, 15) is 14.7 Å². The predicted octanol–water partition coefficient (Wildman–Crippen LogP) is 2.41. The number of rotatable bonds is 5. The molecule has 0 saturated carbocycles. The Morgan fingerprint density at radius 3 is 2.85 bits per heavy atom. The first-order valence-electron chi connectivity index (χ1n) is 10.8. The molecular weight excluding hydrogens is 438 g/mol. The zero-order valence-corrected chi connectivity index (χ0v) is 18.6. The summed E-state index contributed by atoms with van der Waals surface area (Å²) in [6, 6.07) is 7.11. The number of carbonyl (C=O) groups is 2. The van der Waals surface area contributed by atoms with Crippen molar-refractivity contribution in [2.24, 2.45) is 7.05 Å². The molecule has 4 heterocycles. The van der Waals surface area contributed by atoms with Crippen molar-refractivity contribution < 1.29 is 19.1 Å². The molecule has 1 saturated heterocycles. The number of hydrogen-bond donors (Lipinski definition) is 3. The summed E-state index contributed by atoms with van der Waals surface area (Å²) >= 11 is 0. The number of aliphatic hydroxyl groups excluding tert-OH is 1. The van der Waals surface area contributed by atoms with E-state index in [1.54, 1.807) is 23.0 Å². The third kappa shape index (κ3) is 4.20. The Morgan fingerprint density at radius 1 is 1.24 bits per heavy atom. The van der Waals surface area contributed by atoms with E-state index in [0.29, 0.717) is 36.6 Å². The number of carbonyl (C=O) groups excluding carboxylic acids is 2. The second-order valence-electron chi connectivity index (χ2n) is 8.19. The quantitative estimate of drug-likeness (QED) is 0.412. The first kappa shape index (κ1) is 21.6. The van der Waals surface area contributed by atoms with E-state index in [-0.39, 0.29) is 17.5 Å². The van der Waals surface area contributed by atoms with Crippen LogP contribution in [-0.2, 0) is 11.8 Å². The van der Waals surface area contributed by atoms with Crippen LogP contribution in [0.2, 0.25) is 0 Å². The number of hydrogen-bond acceptors (Lipinski definition) is 8. The second kappa shape index (κ2) is 8.60. The molecule has 1 aliphatic heterocycles. The van der Waals surface area contributed by atoms with Gasteiger partial charge in [0, 0.05) is 44.2 Å². The molecule has 5 rings (SSSR count). The summed E-state index contributed by atoms with van der Waals surface area (Å²) in [5, 5.41) is 20.8. The minimum Gasteiger partial charge on any atom is -0.444 e. The molecule has 1 atom stereocenters. The number of anilines is 3. The van der Waals surface area contributed by atoms with E-state index >= 15 is 0 Å². The van der Waals surface area contributed by atoms with Gasteiger partial charge in [-0.1, -0.05) is 0 Å². The van der Waals surface area contributed by atoms with Crippen molar-refractivity contribution >= 4 is 39.9 Å².